The maximum Gasteiger partial charge on any atom is 0.276 e. The molecule has 0 atom stereocenters. The minimum absolute atomic E-state index is 0.506. The van der Waals surface area contributed by atoms with Crippen LogP contribution in [0.15, 0.2) is 32.4 Å². The molecule has 0 N–H and O–H groups in total. The van der Waals surface area contributed by atoms with E-state index < -0.39 is 0 Å². The van der Waals surface area contributed by atoms with Crippen LogP contribution >= 0.6 is 27.7 Å². The van der Waals surface area contributed by atoms with Crippen molar-refractivity contribution in [2.24, 2.45) is 0 Å². The van der Waals surface area contributed by atoms with Gasteiger partial charge in [-0.05, 0) is 41.4 Å². The van der Waals surface area contributed by atoms with Crippen molar-refractivity contribution in [3.05, 3.63) is 28.5 Å². The van der Waals surface area contributed by atoms with Crippen LogP contribution in [0.4, 0.5) is 0 Å². The number of aryl methyl sites for hydroxylation is 1. The second-order valence-electron chi connectivity index (χ2n) is 4.34. The van der Waals surface area contributed by atoms with E-state index in [9.17, 15) is 0 Å². The first-order valence-electron chi connectivity index (χ1n) is 6.30. The number of halogens is 1. The Morgan fingerprint density at radius 2 is 2.20 bits per heavy atom. The number of imidazole rings is 1. The van der Waals surface area contributed by atoms with E-state index in [2.05, 4.69) is 38.0 Å². The Bertz CT molecular complexity index is 752. The van der Waals surface area contributed by atoms with Gasteiger partial charge < -0.3 is 4.42 Å². The Balaban J connectivity index is 2.06. The van der Waals surface area contributed by atoms with Crippen LogP contribution in [0.2, 0.25) is 0 Å². The highest BCUT2D eigenvalue weighted by molar-refractivity contribution is 9.10. The molecule has 104 valence electrons. The number of rotatable bonds is 4. The highest BCUT2D eigenvalue weighted by atomic mass is 79.9. The lowest BCUT2D eigenvalue weighted by atomic mass is 10.3. The zero-order valence-electron chi connectivity index (χ0n) is 11.1. The lowest BCUT2D eigenvalue weighted by Crippen LogP contribution is -1.89. The predicted octanol–water partition coefficient (Wildman–Crippen LogP) is 3.96. The zero-order valence-corrected chi connectivity index (χ0v) is 13.5. The van der Waals surface area contributed by atoms with Crippen molar-refractivity contribution in [1.29, 1.82) is 0 Å². The quantitative estimate of drug-likeness (QED) is 0.665. The molecule has 0 spiro atoms. The van der Waals surface area contributed by atoms with Crippen molar-refractivity contribution in [2.45, 2.75) is 25.5 Å². The van der Waals surface area contributed by atoms with Crippen molar-refractivity contribution in [3.8, 4) is 11.6 Å². The molecule has 0 radical (unpaired) electrons. The molecule has 5 nitrogen and oxygen atoms in total. The first-order valence-corrected chi connectivity index (χ1v) is 8.07. The molecule has 0 aliphatic carbocycles. The molecular weight excluding hydrogens is 340 g/mol. The van der Waals surface area contributed by atoms with Crippen LogP contribution < -0.4 is 0 Å². The highest BCUT2D eigenvalue weighted by Gasteiger charge is 2.17. The van der Waals surface area contributed by atoms with Crippen LogP contribution in [0, 0.1) is 6.92 Å². The van der Waals surface area contributed by atoms with E-state index in [0.29, 0.717) is 11.1 Å². The predicted molar refractivity (Wildman–Crippen MR) is 81.9 cm³/mol. The van der Waals surface area contributed by atoms with Crippen molar-refractivity contribution in [3.63, 3.8) is 0 Å². The molecule has 0 aliphatic heterocycles. The summed E-state index contributed by atoms with van der Waals surface area (Å²) in [6, 6.07) is 3.91. The van der Waals surface area contributed by atoms with Crippen molar-refractivity contribution in [2.75, 3.05) is 5.75 Å². The summed E-state index contributed by atoms with van der Waals surface area (Å²) >= 11 is 5.04. The molecule has 3 heterocycles. The standard InChI is InChI=1S/C13H13BrN4OS/c1-3-6-20-13-17-16-12(19-13)11-8(2)15-10-5-4-9(14)7-18(10)11/h4-5,7H,3,6H2,1-2H3. The van der Waals surface area contributed by atoms with Gasteiger partial charge in [0.1, 0.15) is 11.3 Å². The third kappa shape index (κ3) is 2.47. The maximum atomic E-state index is 5.72. The number of fused-ring (bicyclic) bond motifs is 1. The lowest BCUT2D eigenvalue weighted by Gasteiger charge is -1.98. The Morgan fingerprint density at radius 1 is 1.35 bits per heavy atom. The van der Waals surface area contributed by atoms with Gasteiger partial charge in [-0.3, -0.25) is 4.40 Å². The van der Waals surface area contributed by atoms with Crippen molar-refractivity contribution >= 4 is 33.3 Å². The third-order valence-corrected chi connectivity index (χ3v) is 4.29. The van der Waals surface area contributed by atoms with Gasteiger partial charge in [0.25, 0.3) is 11.1 Å². The molecular formula is C13H13BrN4OS. The largest absolute Gasteiger partial charge is 0.410 e. The van der Waals surface area contributed by atoms with Crippen LogP contribution in [-0.4, -0.2) is 25.3 Å². The second kappa shape index (κ2) is 5.57. The first kappa shape index (κ1) is 13.6. The van der Waals surface area contributed by atoms with E-state index in [-0.39, 0.29) is 0 Å². The average Bonchev–Trinajstić information content (AvgIpc) is 2.99. The SMILES string of the molecule is CCCSc1nnc(-c2c(C)nc3ccc(Br)cn23)o1. The summed E-state index contributed by atoms with van der Waals surface area (Å²) < 4.78 is 8.66. The van der Waals surface area contributed by atoms with Gasteiger partial charge in [0, 0.05) is 16.4 Å². The molecule has 3 aromatic rings. The summed E-state index contributed by atoms with van der Waals surface area (Å²) in [6.45, 7) is 4.07. The summed E-state index contributed by atoms with van der Waals surface area (Å²) in [6.07, 6.45) is 3.03. The topological polar surface area (TPSA) is 56.2 Å². The Labute approximate surface area is 128 Å². The van der Waals surface area contributed by atoms with Gasteiger partial charge in [0.2, 0.25) is 0 Å². The molecule has 0 unspecified atom stereocenters. The van der Waals surface area contributed by atoms with E-state index in [1.54, 1.807) is 11.8 Å². The number of hydrogen-bond donors (Lipinski definition) is 0. The van der Waals surface area contributed by atoms with Gasteiger partial charge in [-0.2, -0.15) is 0 Å². The normalized spacial score (nSPS) is 11.3. The first-order chi connectivity index (χ1) is 9.69. The molecule has 7 heteroatoms. The number of thioether (sulfide) groups is 1. The van der Waals surface area contributed by atoms with Crippen molar-refractivity contribution in [1.82, 2.24) is 19.6 Å². The lowest BCUT2D eigenvalue weighted by molar-refractivity contribution is 0.464. The van der Waals surface area contributed by atoms with Gasteiger partial charge in [0.05, 0.1) is 5.69 Å². The van der Waals surface area contributed by atoms with Crippen LogP contribution in [-0.2, 0) is 0 Å². The van der Waals surface area contributed by atoms with E-state index in [0.717, 1.165) is 33.7 Å². The fourth-order valence-corrected chi connectivity index (χ4v) is 2.90. The van der Waals surface area contributed by atoms with Crippen LogP contribution in [0.25, 0.3) is 17.2 Å². The fourth-order valence-electron chi connectivity index (χ4n) is 1.95. The van der Waals surface area contributed by atoms with Gasteiger partial charge in [0.15, 0.2) is 0 Å². The zero-order chi connectivity index (χ0) is 14.1. The van der Waals surface area contributed by atoms with E-state index in [1.807, 2.05) is 29.7 Å². The summed E-state index contributed by atoms with van der Waals surface area (Å²) in [7, 11) is 0. The maximum absolute atomic E-state index is 5.72. The van der Waals surface area contributed by atoms with Crippen LogP contribution in [0.1, 0.15) is 19.0 Å². The van der Waals surface area contributed by atoms with E-state index in [4.69, 9.17) is 4.42 Å². The molecule has 0 saturated carbocycles. The Hall–Kier alpha value is -1.34. The van der Waals surface area contributed by atoms with E-state index in [1.165, 1.54) is 0 Å². The summed E-state index contributed by atoms with van der Waals surface area (Å²) in [5.74, 6) is 1.48. The summed E-state index contributed by atoms with van der Waals surface area (Å²) in [4.78, 5) is 4.51. The molecule has 3 rings (SSSR count). The molecule has 20 heavy (non-hydrogen) atoms. The second-order valence-corrected chi connectivity index (χ2v) is 6.30. The highest BCUT2D eigenvalue weighted by Crippen LogP contribution is 2.27. The molecule has 0 amide bonds. The minimum Gasteiger partial charge on any atom is -0.410 e. The fraction of sp³-hybridized carbons (Fsp3) is 0.308. The van der Waals surface area contributed by atoms with Gasteiger partial charge in [-0.1, -0.05) is 18.7 Å². The molecule has 0 fully saturated rings. The number of pyridine rings is 1. The summed E-state index contributed by atoms with van der Waals surface area (Å²) in [5.41, 5.74) is 2.58. The Kier molecular flexibility index (Phi) is 3.80. The van der Waals surface area contributed by atoms with Gasteiger partial charge >= 0.3 is 0 Å². The van der Waals surface area contributed by atoms with Gasteiger partial charge in [-0.15, -0.1) is 10.2 Å². The molecule has 3 aromatic heterocycles. The monoisotopic (exact) mass is 352 g/mol. The van der Waals surface area contributed by atoms with Gasteiger partial charge in [-0.25, -0.2) is 4.98 Å². The summed E-state index contributed by atoms with van der Waals surface area (Å²) in [5, 5.41) is 8.82. The van der Waals surface area contributed by atoms with Crippen LogP contribution in [0.3, 0.4) is 0 Å². The molecule has 0 saturated heterocycles. The number of hydrogen-bond acceptors (Lipinski definition) is 5. The number of nitrogens with zero attached hydrogens (tertiary/aromatic N) is 4. The molecule has 0 aliphatic rings. The molecule has 0 aromatic carbocycles. The van der Waals surface area contributed by atoms with Crippen molar-refractivity contribution < 1.29 is 4.42 Å². The smallest absolute Gasteiger partial charge is 0.276 e. The number of aromatic nitrogens is 4. The van der Waals surface area contributed by atoms with Crippen LogP contribution in [0.5, 0.6) is 0 Å². The average molecular weight is 353 g/mol. The molecule has 0 bridgehead atoms. The Morgan fingerprint density at radius 3 is 3.00 bits per heavy atom. The third-order valence-electron chi connectivity index (χ3n) is 2.80. The van der Waals surface area contributed by atoms with E-state index >= 15 is 0 Å². The minimum atomic E-state index is 0.506.